The highest BCUT2D eigenvalue weighted by atomic mass is 35.5. The standard InChI is InChI=1S/C6H4ClN3S/c7-5-3-9-6(10-4-5)11-2-1-8/h3-4H,2H2. The summed E-state index contributed by atoms with van der Waals surface area (Å²) in [4.78, 5) is 7.77. The van der Waals surface area contributed by atoms with E-state index in [1.54, 1.807) is 0 Å². The molecule has 0 bridgehead atoms. The molecule has 0 aliphatic carbocycles. The normalized spacial score (nSPS) is 9.09. The molecule has 0 aromatic carbocycles. The van der Waals surface area contributed by atoms with Gasteiger partial charge in [0.05, 0.1) is 29.2 Å². The summed E-state index contributed by atoms with van der Waals surface area (Å²) in [5.41, 5.74) is 0. The summed E-state index contributed by atoms with van der Waals surface area (Å²) >= 11 is 6.83. The lowest BCUT2D eigenvalue weighted by Crippen LogP contribution is -1.84. The molecular formula is C6H4ClN3S. The summed E-state index contributed by atoms with van der Waals surface area (Å²) in [5.74, 6) is 0.363. The second-order valence-electron chi connectivity index (χ2n) is 1.63. The van der Waals surface area contributed by atoms with Crippen molar-refractivity contribution in [1.29, 1.82) is 5.26 Å². The summed E-state index contributed by atoms with van der Waals surface area (Å²) in [6, 6.07) is 1.98. The molecule has 5 heteroatoms. The van der Waals surface area contributed by atoms with Gasteiger partial charge >= 0.3 is 0 Å². The zero-order valence-electron chi connectivity index (χ0n) is 5.49. The molecule has 0 spiro atoms. The van der Waals surface area contributed by atoms with Gasteiger partial charge in [0.15, 0.2) is 5.16 Å². The van der Waals surface area contributed by atoms with Crippen LogP contribution < -0.4 is 0 Å². The van der Waals surface area contributed by atoms with E-state index in [0.29, 0.717) is 15.9 Å². The fourth-order valence-corrected chi connectivity index (χ4v) is 1.02. The molecule has 0 aliphatic rings. The zero-order chi connectivity index (χ0) is 8.10. The van der Waals surface area contributed by atoms with E-state index in [2.05, 4.69) is 9.97 Å². The quantitative estimate of drug-likeness (QED) is 0.520. The largest absolute Gasteiger partial charge is 0.230 e. The van der Waals surface area contributed by atoms with Gasteiger partial charge in [0.1, 0.15) is 0 Å². The summed E-state index contributed by atoms with van der Waals surface area (Å²) < 4.78 is 0. The first kappa shape index (κ1) is 8.31. The Kier molecular flexibility index (Phi) is 3.14. The number of aromatic nitrogens is 2. The molecule has 1 aromatic rings. The Morgan fingerprint density at radius 2 is 2.18 bits per heavy atom. The zero-order valence-corrected chi connectivity index (χ0v) is 7.06. The predicted octanol–water partition coefficient (Wildman–Crippen LogP) is 1.75. The highest BCUT2D eigenvalue weighted by Crippen LogP contribution is 2.12. The molecule has 3 nitrogen and oxygen atoms in total. The van der Waals surface area contributed by atoms with Crippen molar-refractivity contribution in [1.82, 2.24) is 9.97 Å². The Bertz CT molecular complexity index is 266. The summed E-state index contributed by atoms with van der Waals surface area (Å²) in [7, 11) is 0. The van der Waals surface area contributed by atoms with Gasteiger partial charge in [-0.25, -0.2) is 9.97 Å². The van der Waals surface area contributed by atoms with Crippen LogP contribution in [-0.4, -0.2) is 15.7 Å². The lowest BCUT2D eigenvalue weighted by Gasteiger charge is -1.92. The number of thioether (sulfide) groups is 1. The topological polar surface area (TPSA) is 49.6 Å². The van der Waals surface area contributed by atoms with Gasteiger partial charge in [0.25, 0.3) is 0 Å². The fourth-order valence-electron chi connectivity index (χ4n) is 0.472. The van der Waals surface area contributed by atoms with Crippen LogP contribution in [0.5, 0.6) is 0 Å². The van der Waals surface area contributed by atoms with Gasteiger partial charge in [0.2, 0.25) is 0 Å². The molecule has 0 aliphatic heterocycles. The Morgan fingerprint density at radius 1 is 1.55 bits per heavy atom. The molecule has 0 unspecified atom stereocenters. The van der Waals surface area contributed by atoms with E-state index in [1.807, 2.05) is 6.07 Å². The first-order valence-corrected chi connectivity index (χ1v) is 4.16. The van der Waals surface area contributed by atoms with Crippen LogP contribution >= 0.6 is 23.4 Å². The van der Waals surface area contributed by atoms with Crippen molar-refractivity contribution in [3.8, 4) is 6.07 Å². The highest BCUT2D eigenvalue weighted by molar-refractivity contribution is 7.99. The third-order valence-corrected chi connectivity index (χ3v) is 1.80. The summed E-state index contributed by atoms with van der Waals surface area (Å²) in [5, 5.41) is 9.32. The lowest BCUT2D eigenvalue weighted by molar-refractivity contribution is 0.969. The summed E-state index contributed by atoms with van der Waals surface area (Å²) in [6.07, 6.45) is 3.02. The molecule has 11 heavy (non-hydrogen) atoms. The van der Waals surface area contributed by atoms with Crippen molar-refractivity contribution in [2.24, 2.45) is 0 Å². The molecule has 0 saturated carbocycles. The third kappa shape index (κ3) is 2.74. The van der Waals surface area contributed by atoms with Crippen molar-refractivity contribution < 1.29 is 0 Å². The van der Waals surface area contributed by atoms with E-state index in [4.69, 9.17) is 16.9 Å². The van der Waals surface area contributed by atoms with Crippen molar-refractivity contribution in [2.45, 2.75) is 5.16 Å². The average molecular weight is 186 g/mol. The van der Waals surface area contributed by atoms with E-state index in [1.165, 1.54) is 24.2 Å². The van der Waals surface area contributed by atoms with Gasteiger partial charge in [0, 0.05) is 0 Å². The molecule has 0 saturated heterocycles. The molecule has 0 radical (unpaired) electrons. The van der Waals surface area contributed by atoms with Crippen molar-refractivity contribution in [3.63, 3.8) is 0 Å². The molecule has 1 aromatic heterocycles. The summed E-state index contributed by atoms with van der Waals surface area (Å²) in [6.45, 7) is 0. The lowest BCUT2D eigenvalue weighted by atomic mass is 10.7. The number of rotatable bonds is 2. The number of hydrogen-bond donors (Lipinski definition) is 0. The highest BCUT2D eigenvalue weighted by Gasteiger charge is 1.94. The van der Waals surface area contributed by atoms with Crippen LogP contribution in [0, 0.1) is 11.3 Å². The predicted molar refractivity (Wildman–Crippen MR) is 43.4 cm³/mol. The van der Waals surface area contributed by atoms with Crippen LogP contribution in [0.3, 0.4) is 0 Å². The van der Waals surface area contributed by atoms with E-state index in [-0.39, 0.29) is 0 Å². The van der Waals surface area contributed by atoms with Gasteiger partial charge in [-0.05, 0) is 0 Å². The molecule has 0 fully saturated rings. The maximum Gasteiger partial charge on any atom is 0.188 e. The minimum Gasteiger partial charge on any atom is -0.230 e. The van der Waals surface area contributed by atoms with Gasteiger partial charge in [-0.15, -0.1) is 0 Å². The molecule has 56 valence electrons. The van der Waals surface area contributed by atoms with Crippen molar-refractivity contribution in [3.05, 3.63) is 17.4 Å². The van der Waals surface area contributed by atoms with E-state index < -0.39 is 0 Å². The number of nitrogens with zero attached hydrogens (tertiary/aromatic N) is 3. The SMILES string of the molecule is N#CCSc1ncc(Cl)cn1. The van der Waals surface area contributed by atoms with Crippen LogP contribution in [0.25, 0.3) is 0 Å². The number of halogens is 1. The van der Waals surface area contributed by atoms with Crippen LogP contribution in [-0.2, 0) is 0 Å². The Morgan fingerprint density at radius 3 is 2.73 bits per heavy atom. The monoisotopic (exact) mass is 185 g/mol. The molecule has 0 amide bonds. The first-order valence-electron chi connectivity index (χ1n) is 2.80. The second-order valence-corrected chi connectivity index (χ2v) is 3.01. The van der Waals surface area contributed by atoms with Crippen LogP contribution in [0.15, 0.2) is 17.6 Å². The van der Waals surface area contributed by atoms with E-state index in [9.17, 15) is 0 Å². The van der Waals surface area contributed by atoms with Crippen LogP contribution in [0.1, 0.15) is 0 Å². The number of nitriles is 1. The van der Waals surface area contributed by atoms with Gasteiger partial charge < -0.3 is 0 Å². The van der Waals surface area contributed by atoms with E-state index >= 15 is 0 Å². The minimum absolute atomic E-state index is 0.363. The average Bonchev–Trinajstić information content (AvgIpc) is 2.04. The fraction of sp³-hybridized carbons (Fsp3) is 0.167. The first-order chi connectivity index (χ1) is 5.33. The van der Waals surface area contributed by atoms with Gasteiger partial charge in [-0.1, -0.05) is 23.4 Å². The Hall–Kier alpha value is -0.790. The van der Waals surface area contributed by atoms with E-state index in [0.717, 1.165) is 0 Å². The Labute approximate surface area is 73.4 Å². The van der Waals surface area contributed by atoms with Gasteiger partial charge in [-0.3, -0.25) is 0 Å². The molecule has 0 atom stereocenters. The van der Waals surface area contributed by atoms with Gasteiger partial charge in [-0.2, -0.15) is 5.26 Å². The third-order valence-electron chi connectivity index (χ3n) is 0.862. The minimum atomic E-state index is 0.363. The Balaban J connectivity index is 2.60. The maximum atomic E-state index is 8.23. The molecule has 1 rings (SSSR count). The molecule has 1 heterocycles. The second kappa shape index (κ2) is 4.16. The molecule has 0 N–H and O–H groups in total. The smallest absolute Gasteiger partial charge is 0.188 e. The van der Waals surface area contributed by atoms with Crippen LogP contribution in [0.2, 0.25) is 5.02 Å². The molecular weight excluding hydrogens is 182 g/mol. The van der Waals surface area contributed by atoms with Crippen molar-refractivity contribution >= 4 is 23.4 Å². The van der Waals surface area contributed by atoms with Crippen molar-refractivity contribution in [2.75, 3.05) is 5.75 Å². The van der Waals surface area contributed by atoms with Crippen LogP contribution in [0.4, 0.5) is 0 Å². The number of hydrogen-bond acceptors (Lipinski definition) is 4. The maximum absolute atomic E-state index is 8.23.